The molecular formula is C13H20N2O7. The van der Waals surface area contributed by atoms with Crippen molar-refractivity contribution in [3.05, 3.63) is 11.8 Å². The van der Waals surface area contributed by atoms with Crippen LogP contribution in [-0.4, -0.2) is 70.8 Å². The first-order valence-electron chi connectivity index (χ1n) is 6.77. The first-order valence-corrected chi connectivity index (χ1v) is 6.77. The van der Waals surface area contributed by atoms with Gasteiger partial charge in [0.15, 0.2) is 11.9 Å². The molecule has 9 heteroatoms. The maximum absolute atomic E-state index is 11.4. The van der Waals surface area contributed by atoms with Crippen LogP contribution in [0.3, 0.4) is 0 Å². The fraction of sp³-hybridized carbons (Fsp3) is 0.692. The molecule has 0 aromatic carbocycles. The zero-order chi connectivity index (χ0) is 16.7. The molecule has 22 heavy (non-hydrogen) atoms. The number of carbonyl (C=O) groups excluding carboxylic acids is 1. The van der Waals surface area contributed by atoms with Crippen LogP contribution in [0, 0.1) is 17.2 Å². The summed E-state index contributed by atoms with van der Waals surface area (Å²) in [6.07, 6.45) is -4.09. The number of hydrogen-bond donors (Lipinski definition) is 5. The summed E-state index contributed by atoms with van der Waals surface area (Å²) in [5.41, 5.74) is -0.267. The first kappa shape index (κ1) is 18.3. The normalized spacial score (nSPS) is 32.2. The molecule has 0 unspecified atom stereocenters. The average molecular weight is 316 g/mol. The Bertz CT molecular complexity index is 448. The second-order valence-electron chi connectivity index (χ2n) is 4.69. The summed E-state index contributed by atoms with van der Waals surface area (Å²) in [6, 6.07) is 1.66. The smallest absolute Gasteiger partial charge is 0.350 e. The van der Waals surface area contributed by atoms with Crippen molar-refractivity contribution >= 4 is 5.97 Å². The van der Waals surface area contributed by atoms with Crippen molar-refractivity contribution in [3.63, 3.8) is 0 Å². The quantitative estimate of drug-likeness (QED) is 0.205. The topological polar surface area (TPSA) is 152 Å². The zero-order valence-corrected chi connectivity index (χ0v) is 12.0. The second-order valence-corrected chi connectivity index (χ2v) is 4.69. The van der Waals surface area contributed by atoms with Gasteiger partial charge in [0.2, 0.25) is 0 Å². The van der Waals surface area contributed by atoms with Crippen LogP contribution < -0.4 is 5.32 Å². The summed E-state index contributed by atoms with van der Waals surface area (Å²) >= 11 is 0. The van der Waals surface area contributed by atoms with Crippen molar-refractivity contribution in [3.8, 4) is 6.07 Å². The van der Waals surface area contributed by atoms with Crippen molar-refractivity contribution < 1.29 is 34.7 Å². The average Bonchev–Trinajstić information content (AvgIpc) is 2.50. The second kappa shape index (κ2) is 8.67. The number of rotatable bonds is 6. The van der Waals surface area contributed by atoms with Crippen LogP contribution >= 0.6 is 0 Å². The predicted octanol–water partition coefficient (Wildman–Crippen LogP) is -2.41. The van der Waals surface area contributed by atoms with Gasteiger partial charge in [-0.1, -0.05) is 0 Å². The summed E-state index contributed by atoms with van der Waals surface area (Å²) in [5, 5.41) is 49.8. The number of ether oxygens (including phenoxy) is 2. The van der Waals surface area contributed by atoms with E-state index in [4.69, 9.17) is 15.1 Å². The number of hydrogen-bond acceptors (Lipinski definition) is 9. The van der Waals surface area contributed by atoms with E-state index in [0.717, 1.165) is 6.20 Å². The third kappa shape index (κ3) is 4.40. The van der Waals surface area contributed by atoms with Crippen LogP contribution in [0.4, 0.5) is 0 Å². The standard InChI is InChI=1S/C13H20N2O7/c1-2-21-12(19)7(3-14)4-15-5-8-10(17)11(18)9(6-16)22-13(8)20/h4,8-11,13,15-18,20H,2,5-6H2,1H3/b7-4-/t8-,9-,10-,11-,13+/m1/s1. The van der Waals surface area contributed by atoms with E-state index in [0.29, 0.717) is 0 Å². The van der Waals surface area contributed by atoms with Crippen LogP contribution in [0.2, 0.25) is 0 Å². The predicted molar refractivity (Wildman–Crippen MR) is 71.8 cm³/mol. The van der Waals surface area contributed by atoms with Gasteiger partial charge >= 0.3 is 5.97 Å². The highest BCUT2D eigenvalue weighted by molar-refractivity contribution is 5.92. The van der Waals surface area contributed by atoms with Gasteiger partial charge in [0, 0.05) is 12.7 Å². The van der Waals surface area contributed by atoms with E-state index in [2.05, 4.69) is 10.1 Å². The maximum atomic E-state index is 11.4. The van der Waals surface area contributed by atoms with Gasteiger partial charge < -0.3 is 35.2 Å². The summed E-state index contributed by atoms with van der Waals surface area (Å²) in [5.74, 6) is -1.70. The molecule has 9 nitrogen and oxygen atoms in total. The lowest BCUT2D eigenvalue weighted by atomic mass is 9.91. The molecule has 1 heterocycles. The Balaban J connectivity index is 2.63. The number of esters is 1. The molecule has 0 bridgehead atoms. The van der Waals surface area contributed by atoms with Gasteiger partial charge in [-0.2, -0.15) is 5.26 Å². The minimum absolute atomic E-state index is 0.0673. The van der Waals surface area contributed by atoms with Crippen molar-refractivity contribution in [1.29, 1.82) is 5.26 Å². The summed E-state index contributed by atoms with van der Waals surface area (Å²) in [4.78, 5) is 11.4. The number of nitrogens with one attached hydrogen (secondary N) is 1. The number of carbonyl (C=O) groups is 1. The Hall–Kier alpha value is -1.70. The van der Waals surface area contributed by atoms with Crippen molar-refractivity contribution in [2.75, 3.05) is 19.8 Å². The lowest BCUT2D eigenvalue weighted by Gasteiger charge is -2.40. The third-order valence-electron chi connectivity index (χ3n) is 3.25. The molecule has 0 spiro atoms. The zero-order valence-electron chi connectivity index (χ0n) is 12.0. The summed E-state index contributed by atoms with van der Waals surface area (Å²) in [6.45, 7) is 1.12. The number of nitrogens with zero attached hydrogens (tertiary/aromatic N) is 1. The molecule has 0 aromatic rings. The van der Waals surface area contributed by atoms with E-state index < -0.39 is 43.1 Å². The first-order chi connectivity index (χ1) is 10.5. The number of nitriles is 1. The highest BCUT2D eigenvalue weighted by Gasteiger charge is 2.43. The monoisotopic (exact) mass is 316 g/mol. The molecule has 0 amide bonds. The minimum Gasteiger partial charge on any atom is -0.462 e. The van der Waals surface area contributed by atoms with Crippen LogP contribution in [0.25, 0.3) is 0 Å². The van der Waals surface area contributed by atoms with Gasteiger partial charge in [0.1, 0.15) is 18.3 Å². The molecular weight excluding hydrogens is 296 g/mol. The van der Waals surface area contributed by atoms with Crippen LogP contribution in [0.5, 0.6) is 0 Å². The van der Waals surface area contributed by atoms with E-state index >= 15 is 0 Å². The molecule has 1 aliphatic heterocycles. The molecule has 1 saturated heterocycles. The van der Waals surface area contributed by atoms with E-state index in [-0.39, 0.29) is 18.7 Å². The number of aliphatic hydroxyl groups is 4. The Morgan fingerprint density at radius 3 is 2.64 bits per heavy atom. The largest absolute Gasteiger partial charge is 0.462 e. The highest BCUT2D eigenvalue weighted by atomic mass is 16.6. The molecule has 1 fully saturated rings. The minimum atomic E-state index is -1.41. The molecule has 5 atom stereocenters. The molecule has 5 N–H and O–H groups in total. The van der Waals surface area contributed by atoms with Gasteiger partial charge in [-0.15, -0.1) is 0 Å². The molecule has 1 aliphatic rings. The molecule has 0 aromatic heterocycles. The third-order valence-corrected chi connectivity index (χ3v) is 3.25. The van der Waals surface area contributed by atoms with Crippen molar-refractivity contribution in [2.45, 2.75) is 31.5 Å². The Morgan fingerprint density at radius 2 is 2.09 bits per heavy atom. The van der Waals surface area contributed by atoms with Gasteiger partial charge in [-0.05, 0) is 6.92 Å². The molecule has 0 saturated carbocycles. The molecule has 0 aliphatic carbocycles. The van der Waals surface area contributed by atoms with Gasteiger partial charge in [0.25, 0.3) is 0 Å². The van der Waals surface area contributed by atoms with E-state index in [1.165, 1.54) is 0 Å². The summed E-state index contributed by atoms with van der Waals surface area (Å²) in [7, 11) is 0. The van der Waals surface area contributed by atoms with E-state index in [1.807, 2.05) is 0 Å². The van der Waals surface area contributed by atoms with Gasteiger partial charge in [-0.25, -0.2) is 4.79 Å². The Labute approximate surface area is 127 Å². The van der Waals surface area contributed by atoms with Gasteiger partial charge in [-0.3, -0.25) is 0 Å². The van der Waals surface area contributed by atoms with Crippen molar-refractivity contribution in [2.24, 2.45) is 5.92 Å². The fourth-order valence-corrected chi connectivity index (χ4v) is 2.02. The fourth-order valence-electron chi connectivity index (χ4n) is 2.02. The highest BCUT2D eigenvalue weighted by Crippen LogP contribution is 2.24. The van der Waals surface area contributed by atoms with Crippen LogP contribution in [-0.2, 0) is 14.3 Å². The van der Waals surface area contributed by atoms with E-state index in [9.17, 15) is 20.1 Å². The van der Waals surface area contributed by atoms with E-state index in [1.54, 1.807) is 13.0 Å². The lowest BCUT2D eigenvalue weighted by Crippen LogP contribution is -2.57. The van der Waals surface area contributed by atoms with Gasteiger partial charge in [0.05, 0.1) is 25.2 Å². The number of aliphatic hydroxyl groups excluding tert-OH is 4. The SMILES string of the molecule is CCOC(=O)/C(C#N)=C\NC[C@@H]1[C@@H](O)[C@H](O)[C@@H](CO)O[C@@H]1O. The molecule has 124 valence electrons. The van der Waals surface area contributed by atoms with Crippen LogP contribution in [0.1, 0.15) is 6.92 Å². The molecule has 1 rings (SSSR count). The van der Waals surface area contributed by atoms with Crippen molar-refractivity contribution in [1.82, 2.24) is 5.32 Å². The van der Waals surface area contributed by atoms with Crippen LogP contribution in [0.15, 0.2) is 11.8 Å². The lowest BCUT2D eigenvalue weighted by molar-refractivity contribution is -0.268. The molecule has 0 radical (unpaired) electrons. The summed E-state index contributed by atoms with van der Waals surface area (Å²) < 4.78 is 9.64. The Morgan fingerprint density at radius 1 is 1.41 bits per heavy atom. The Kier molecular flexibility index (Phi) is 7.23. The maximum Gasteiger partial charge on any atom is 0.350 e.